The summed E-state index contributed by atoms with van der Waals surface area (Å²) in [6, 6.07) is 12.9. The number of carbonyl (C=O) groups excluding carboxylic acids is 3. The van der Waals surface area contributed by atoms with Gasteiger partial charge in [-0.25, -0.2) is 27.8 Å². The SMILES string of the molecule is CN1C(=O)N(c2ccc(C(=O)OC(=O)C(F)(F)F)cc2)Cc2c1cnc1[nH]c(-c3ccc(CN4CCC(S(C)(=O)=O)CC4)cc3)c(I)c21. The first-order chi connectivity index (χ1) is 22.6. The third kappa shape index (κ3) is 6.64. The maximum atomic E-state index is 13.4. The van der Waals surface area contributed by atoms with Crippen LogP contribution in [0.3, 0.4) is 0 Å². The first kappa shape index (κ1) is 33.9. The van der Waals surface area contributed by atoms with Crippen LogP contribution in [0.2, 0.25) is 0 Å². The molecule has 0 saturated carbocycles. The van der Waals surface area contributed by atoms with Gasteiger partial charge in [0.15, 0.2) is 0 Å². The number of aromatic amines is 1. The van der Waals surface area contributed by atoms with Crippen molar-refractivity contribution < 1.29 is 40.7 Å². The fraction of sp³-hybridized carbons (Fsp3) is 0.312. The van der Waals surface area contributed by atoms with E-state index in [4.69, 9.17) is 0 Å². The summed E-state index contributed by atoms with van der Waals surface area (Å²) in [4.78, 5) is 49.7. The number of benzene rings is 2. The second-order valence-corrected chi connectivity index (χ2v) is 15.2. The monoisotopic (exact) mass is 795 g/mol. The molecule has 0 bridgehead atoms. The van der Waals surface area contributed by atoms with Gasteiger partial charge in [-0.05, 0) is 83.9 Å². The van der Waals surface area contributed by atoms with E-state index in [9.17, 15) is 36.0 Å². The van der Waals surface area contributed by atoms with Gasteiger partial charge in [0.25, 0.3) is 0 Å². The van der Waals surface area contributed by atoms with Crippen LogP contribution < -0.4 is 9.80 Å². The Morgan fingerprint density at radius 1 is 1.06 bits per heavy atom. The number of hydrogen-bond acceptors (Lipinski definition) is 8. The predicted molar refractivity (Wildman–Crippen MR) is 180 cm³/mol. The molecule has 0 radical (unpaired) electrons. The number of nitrogens with zero attached hydrogens (tertiary/aromatic N) is 4. The van der Waals surface area contributed by atoms with Crippen LogP contribution in [-0.4, -0.2) is 79.1 Å². The van der Waals surface area contributed by atoms with Crippen LogP contribution in [0.4, 0.5) is 29.3 Å². The highest BCUT2D eigenvalue weighted by molar-refractivity contribution is 14.1. The predicted octanol–water partition coefficient (Wildman–Crippen LogP) is 5.67. The molecule has 2 aromatic carbocycles. The third-order valence-electron chi connectivity index (χ3n) is 8.66. The molecule has 2 aliphatic rings. The number of nitrogens with one attached hydrogen (secondary N) is 1. The van der Waals surface area contributed by atoms with Crippen molar-refractivity contribution in [2.24, 2.45) is 0 Å². The lowest BCUT2D eigenvalue weighted by atomic mass is 10.0. The average molecular weight is 796 g/mol. The standard InChI is InChI=1S/C32H29F3IN5O6S/c1-39-24-15-37-28-25(23(24)17-41(31(39)44)21-9-7-20(8-10-21)29(42)47-30(43)32(33,34)35)26(36)27(38-28)19-5-3-18(4-6-19)16-40-13-11-22(12-14-40)48(2,45)46/h3-10,15,22H,11-14,16-17H2,1-2H3,(H,37,38). The summed E-state index contributed by atoms with van der Waals surface area (Å²) in [5.74, 6) is -4.07. The average Bonchev–Trinajstić information content (AvgIpc) is 3.39. The van der Waals surface area contributed by atoms with Crippen molar-refractivity contribution in [1.82, 2.24) is 14.9 Å². The molecule has 16 heteroatoms. The minimum atomic E-state index is -5.31. The van der Waals surface area contributed by atoms with E-state index in [0.717, 1.165) is 51.0 Å². The molecule has 1 saturated heterocycles. The number of alkyl halides is 3. The van der Waals surface area contributed by atoms with E-state index in [1.807, 2.05) is 12.1 Å². The Kier molecular flexibility index (Phi) is 9.01. The number of amides is 2. The van der Waals surface area contributed by atoms with E-state index in [1.54, 1.807) is 13.2 Å². The van der Waals surface area contributed by atoms with Crippen LogP contribution in [0.5, 0.6) is 0 Å². The Bertz CT molecular complexity index is 2030. The van der Waals surface area contributed by atoms with Crippen molar-refractivity contribution in [1.29, 1.82) is 0 Å². The number of carbonyl (C=O) groups is 3. The minimum Gasteiger partial charge on any atom is -0.383 e. The number of hydrogen-bond donors (Lipinski definition) is 1. The summed E-state index contributed by atoms with van der Waals surface area (Å²) >= 11 is 2.26. The number of sulfone groups is 1. The van der Waals surface area contributed by atoms with Gasteiger partial charge in [-0.2, -0.15) is 13.2 Å². The minimum absolute atomic E-state index is 0.149. The summed E-state index contributed by atoms with van der Waals surface area (Å²) < 4.78 is 66.1. The number of rotatable bonds is 6. The molecule has 1 N–H and O–H groups in total. The van der Waals surface area contributed by atoms with Gasteiger partial charge in [0, 0.05) is 40.1 Å². The topological polar surface area (TPSA) is 133 Å². The largest absolute Gasteiger partial charge is 0.491 e. The van der Waals surface area contributed by atoms with Crippen molar-refractivity contribution in [2.45, 2.75) is 37.4 Å². The molecule has 252 valence electrons. The van der Waals surface area contributed by atoms with Crippen LogP contribution in [0.25, 0.3) is 22.3 Å². The van der Waals surface area contributed by atoms with Crippen molar-refractivity contribution >= 4 is 72.8 Å². The number of halogens is 4. The fourth-order valence-electron chi connectivity index (χ4n) is 6.04. The lowest BCUT2D eigenvalue weighted by molar-refractivity contribution is -0.193. The van der Waals surface area contributed by atoms with Gasteiger partial charge >= 0.3 is 24.1 Å². The van der Waals surface area contributed by atoms with E-state index in [0.29, 0.717) is 29.9 Å². The normalized spacial score (nSPS) is 16.3. The van der Waals surface area contributed by atoms with Gasteiger partial charge < -0.3 is 9.72 Å². The summed E-state index contributed by atoms with van der Waals surface area (Å²) in [6.07, 6.45) is -1.12. The number of ether oxygens (including phenoxy) is 1. The van der Waals surface area contributed by atoms with Gasteiger partial charge in [-0.1, -0.05) is 24.3 Å². The van der Waals surface area contributed by atoms with Crippen molar-refractivity contribution in [3.63, 3.8) is 0 Å². The molecular weight excluding hydrogens is 766 g/mol. The van der Waals surface area contributed by atoms with Gasteiger partial charge in [-0.3, -0.25) is 14.7 Å². The number of anilines is 2. The zero-order valence-corrected chi connectivity index (χ0v) is 28.6. The Morgan fingerprint density at radius 3 is 2.31 bits per heavy atom. The molecule has 48 heavy (non-hydrogen) atoms. The molecule has 0 atom stereocenters. The third-order valence-corrected chi connectivity index (χ3v) is 11.4. The summed E-state index contributed by atoms with van der Waals surface area (Å²) in [6.45, 7) is 2.32. The van der Waals surface area contributed by atoms with E-state index < -0.39 is 28.0 Å². The second kappa shape index (κ2) is 12.8. The quantitative estimate of drug-likeness (QED) is 0.150. The van der Waals surface area contributed by atoms with Gasteiger partial charge in [0.2, 0.25) is 0 Å². The molecule has 1 fully saturated rings. The maximum Gasteiger partial charge on any atom is 0.491 e. The van der Waals surface area contributed by atoms with Gasteiger partial charge in [0.1, 0.15) is 15.5 Å². The Labute approximate surface area is 287 Å². The maximum absolute atomic E-state index is 13.4. The molecule has 0 aliphatic carbocycles. The number of esters is 2. The highest BCUT2D eigenvalue weighted by Gasteiger charge is 2.42. The number of piperidine rings is 1. The molecule has 11 nitrogen and oxygen atoms in total. The zero-order chi connectivity index (χ0) is 34.5. The van der Waals surface area contributed by atoms with Crippen molar-refractivity contribution in [2.75, 3.05) is 36.2 Å². The Hall–Kier alpha value is -4.03. The van der Waals surface area contributed by atoms with Crippen LogP contribution in [0.15, 0.2) is 54.7 Å². The van der Waals surface area contributed by atoms with Gasteiger partial charge in [-0.15, -0.1) is 0 Å². The van der Waals surface area contributed by atoms with Crippen molar-refractivity contribution in [3.05, 3.63) is 75.0 Å². The number of pyridine rings is 1. The lowest BCUT2D eigenvalue weighted by Gasteiger charge is -2.35. The number of aromatic nitrogens is 2. The number of fused-ring (bicyclic) bond motifs is 3. The fourth-order valence-corrected chi connectivity index (χ4v) is 8.13. The number of H-pyrrole nitrogens is 1. The summed E-state index contributed by atoms with van der Waals surface area (Å²) in [7, 11) is -1.42. The number of urea groups is 1. The van der Waals surface area contributed by atoms with E-state index >= 15 is 0 Å². The first-order valence-corrected chi connectivity index (χ1v) is 17.8. The molecular formula is C32H29F3IN5O6S. The molecule has 2 aromatic heterocycles. The highest BCUT2D eigenvalue weighted by atomic mass is 127. The molecule has 6 rings (SSSR count). The molecule has 2 aliphatic heterocycles. The van der Waals surface area contributed by atoms with E-state index in [2.05, 4.69) is 54.3 Å². The molecule has 0 spiro atoms. The van der Waals surface area contributed by atoms with Crippen molar-refractivity contribution in [3.8, 4) is 11.3 Å². The van der Waals surface area contributed by atoms with Crippen LogP contribution in [0.1, 0.15) is 34.3 Å². The Balaban J connectivity index is 1.22. The second-order valence-electron chi connectivity index (χ2n) is 11.8. The van der Waals surface area contributed by atoms with E-state index in [-0.39, 0.29) is 23.4 Å². The smallest absolute Gasteiger partial charge is 0.383 e. The summed E-state index contributed by atoms with van der Waals surface area (Å²) in [5.41, 5.74) is 5.07. The summed E-state index contributed by atoms with van der Waals surface area (Å²) in [5, 5.41) is 0.555. The lowest BCUT2D eigenvalue weighted by Crippen LogP contribution is -2.45. The van der Waals surface area contributed by atoms with E-state index in [1.165, 1.54) is 40.3 Å². The van der Waals surface area contributed by atoms with Crippen LogP contribution in [0, 0.1) is 3.57 Å². The molecule has 0 unspecified atom stereocenters. The highest BCUT2D eigenvalue weighted by Crippen LogP contribution is 2.40. The van der Waals surface area contributed by atoms with Crippen LogP contribution in [-0.2, 0) is 32.5 Å². The first-order valence-electron chi connectivity index (χ1n) is 14.8. The Morgan fingerprint density at radius 2 is 1.71 bits per heavy atom. The van der Waals surface area contributed by atoms with Crippen LogP contribution >= 0.6 is 22.6 Å². The molecule has 2 amide bonds. The zero-order valence-electron chi connectivity index (χ0n) is 25.7. The number of likely N-dealkylation sites (tertiary alicyclic amines) is 1. The van der Waals surface area contributed by atoms with Gasteiger partial charge in [0.05, 0.1) is 34.9 Å². The molecule has 4 heterocycles. The molecule has 4 aromatic rings.